The minimum Gasteiger partial charge on any atom is -0.379 e. The van der Waals surface area contributed by atoms with Gasteiger partial charge in [-0.05, 0) is 29.7 Å². The molecule has 1 saturated heterocycles. The lowest BCUT2D eigenvalue weighted by Crippen LogP contribution is -2.40. The summed E-state index contributed by atoms with van der Waals surface area (Å²) in [6.45, 7) is 1.46. The molecule has 1 aliphatic rings. The van der Waals surface area contributed by atoms with E-state index in [2.05, 4.69) is 5.32 Å². The van der Waals surface area contributed by atoms with Crippen LogP contribution in [0.15, 0.2) is 59.5 Å². The maximum absolute atomic E-state index is 12.6. The zero-order valence-electron chi connectivity index (χ0n) is 16.5. The van der Waals surface area contributed by atoms with Crippen LogP contribution in [0, 0.1) is 0 Å². The van der Waals surface area contributed by atoms with Gasteiger partial charge in [-0.3, -0.25) is 9.59 Å². The van der Waals surface area contributed by atoms with Gasteiger partial charge in [0.25, 0.3) is 0 Å². The van der Waals surface area contributed by atoms with E-state index >= 15 is 0 Å². The van der Waals surface area contributed by atoms with Gasteiger partial charge in [-0.2, -0.15) is 4.31 Å². The summed E-state index contributed by atoms with van der Waals surface area (Å²) in [6, 6.07) is 14.4. The summed E-state index contributed by atoms with van der Waals surface area (Å²) in [6.07, 6.45) is 0.552. The molecule has 8 nitrogen and oxygen atoms in total. The van der Waals surface area contributed by atoms with Crippen LogP contribution in [-0.4, -0.2) is 50.8 Å². The molecule has 1 heterocycles. The topological polar surface area (TPSA) is 119 Å². The Morgan fingerprint density at radius 1 is 1.03 bits per heavy atom. The third-order valence-electron chi connectivity index (χ3n) is 4.89. The molecular formula is C21H25N3O5S. The van der Waals surface area contributed by atoms with Crippen LogP contribution in [0.4, 0.5) is 0 Å². The summed E-state index contributed by atoms with van der Waals surface area (Å²) in [5, 5.41) is 2.65. The molecule has 1 aliphatic heterocycles. The second-order valence-corrected chi connectivity index (χ2v) is 8.91. The molecule has 1 fully saturated rings. The molecule has 3 N–H and O–H groups in total. The first kappa shape index (κ1) is 21.9. The highest BCUT2D eigenvalue weighted by molar-refractivity contribution is 7.89. The van der Waals surface area contributed by atoms with E-state index in [9.17, 15) is 18.0 Å². The van der Waals surface area contributed by atoms with Crippen molar-refractivity contribution >= 4 is 21.8 Å². The number of carbonyl (C=O) groups is 2. The number of amides is 2. The van der Waals surface area contributed by atoms with Gasteiger partial charge in [-0.1, -0.05) is 42.5 Å². The maximum Gasteiger partial charge on any atom is 0.244 e. The maximum atomic E-state index is 12.6. The number of hydrogen-bond acceptors (Lipinski definition) is 5. The first-order valence-electron chi connectivity index (χ1n) is 9.68. The molecule has 30 heavy (non-hydrogen) atoms. The van der Waals surface area contributed by atoms with Crippen molar-refractivity contribution < 1.29 is 22.7 Å². The van der Waals surface area contributed by atoms with Crippen LogP contribution in [0.2, 0.25) is 0 Å². The SMILES string of the molecule is NC(=O)[C@H](NC(=O)CCc1ccc(S(=O)(=O)N2CCOCC2)cc1)c1ccccc1. The Bertz CT molecular complexity index is 971. The summed E-state index contributed by atoms with van der Waals surface area (Å²) in [7, 11) is -3.54. The van der Waals surface area contributed by atoms with Gasteiger partial charge in [0.05, 0.1) is 18.1 Å². The monoisotopic (exact) mass is 431 g/mol. The molecule has 9 heteroatoms. The number of nitrogens with zero attached hydrogens (tertiary/aromatic N) is 1. The van der Waals surface area contributed by atoms with Crippen LogP contribution in [0.1, 0.15) is 23.6 Å². The van der Waals surface area contributed by atoms with Gasteiger partial charge in [0.2, 0.25) is 21.8 Å². The number of rotatable bonds is 8. The number of sulfonamides is 1. The lowest BCUT2D eigenvalue weighted by atomic mass is 10.1. The minimum absolute atomic E-state index is 0.145. The van der Waals surface area contributed by atoms with Gasteiger partial charge in [0.15, 0.2) is 0 Å². The zero-order chi connectivity index (χ0) is 21.6. The van der Waals surface area contributed by atoms with E-state index < -0.39 is 22.0 Å². The van der Waals surface area contributed by atoms with Gasteiger partial charge in [-0.15, -0.1) is 0 Å². The smallest absolute Gasteiger partial charge is 0.244 e. The van der Waals surface area contributed by atoms with Crippen molar-refractivity contribution in [3.63, 3.8) is 0 Å². The molecule has 1 atom stereocenters. The van der Waals surface area contributed by atoms with Crippen molar-refractivity contribution in [1.29, 1.82) is 0 Å². The molecule has 3 rings (SSSR count). The summed E-state index contributed by atoms with van der Waals surface area (Å²) in [5.74, 6) is -0.945. The number of benzene rings is 2. The first-order valence-corrected chi connectivity index (χ1v) is 11.1. The summed E-state index contributed by atoms with van der Waals surface area (Å²) in [5.41, 5.74) is 6.86. The quantitative estimate of drug-likeness (QED) is 0.646. The second kappa shape index (κ2) is 9.84. The lowest BCUT2D eigenvalue weighted by molar-refractivity contribution is -0.127. The molecule has 2 aromatic rings. The van der Waals surface area contributed by atoms with E-state index in [4.69, 9.17) is 10.5 Å². The van der Waals surface area contributed by atoms with Crippen LogP contribution in [0.25, 0.3) is 0 Å². The highest BCUT2D eigenvalue weighted by Gasteiger charge is 2.26. The molecule has 0 unspecified atom stereocenters. The normalized spacial score (nSPS) is 16.0. The number of morpholine rings is 1. The van der Waals surface area contributed by atoms with Crippen LogP contribution in [0.5, 0.6) is 0 Å². The third kappa shape index (κ3) is 5.44. The Hall–Kier alpha value is -2.75. The van der Waals surface area contributed by atoms with E-state index in [1.54, 1.807) is 48.5 Å². The van der Waals surface area contributed by atoms with Crippen LogP contribution >= 0.6 is 0 Å². The minimum atomic E-state index is -3.54. The Morgan fingerprint density at radius 3 is 2.27 bits per heavy atom. The average molecular weight is 432 g/mol. The molecule has 0 radical (unpaired) electrons. The van der Waals surface area contributed by atoms with E-state index in [0.29, 0.717) is 38.3 Å². The Balaban J connectivity index is 1.58. The van der Waals surface area contributed by atoms with Crippen molar-refractivity contribution in [3.8, 4) is 0 Å². The lowest BCUT2D eigenvalue weighted by Gasteiger charge is -2.26. The van der Waals surface area contributed by atoms with Gasteiger partial charge in [-0.25, -0.2) is 8.42 Å². The fraction of sp³-hybridized carbons (Fsp3) is 0.333. The summed E-state index contributed by atoms with van der Waals surface area (Å²) >= 11 is 0. The summed E-state index contributed by atoms with van der Waals surface area (Å²) < 4.78 is 31.9. The molecule has 2 aromatic carbocycles. The van der Waals surface area contributed by atoms with E-state index in [0.717, 1.165) is 5.56 Å². The van der Waals surface area contributed by atoms with Gasteiger partial charge in [0, 0.05) is 19.5 Å². The third-order valence-corrected chi connectivity index (χ3v) is 6.81. The Labute approximate surface area is 176 Å². The van der Waals surface area contributed by atoms with Gasteiger partial charge < -0.3 is 15.8 Å². The van der Waals surface area contributed by atoms with E-state index in [1.807, 2.05) is 6.07 Å². The molecule has 0 aromatic heterocycles. The van der Waals surface area contributed by atoms with Crippen LogP contribution in [0.3, 0.4) is 0 Å². The van der Waals surface area contributed by atoms with Crippen LogP contribution in [-0.2, 0) is 30.8 Å². The number of hydrogen-bond donors (Lipinski definition) is 2. The van der Waals surface area contributed by atoms with Gasteiger partial charge in [0.1, 0.15) is 6.04 Å². The highest BCUT2D eigenvalue weighted by atomic mass is 32.2. The highest BCUT2D eigenvalue weighted by Crippen LogP contribution is 2.18. The first-order chi connectivity index (χ1) is 14.4. The van der Waals surface area contributed by atoms with Crippen molar-refractivity contribution in [2.75, 3.05) is 26.3 Å². The van der Waals surface area contributed by atoms with E-state index in [1.165, 1.54) is 4.31 Å². The van der Waals surface area contributed by atoms with Gasteiger partial charge >= 0.3 is 0 Å². The molecule has 160 valence electrons. The second-order valence-electron chi connectivity index (χ2n) is 6.97. The predicted molar refractivity (Wildman–Crippen MR) is 111 cm³/mol. The summed E-state index contributed by atoms with van der Waals surface area (Å²) in [4.78, 5) is 24.2. The number of nitrogens with two attached hydrogens (primary N) is 1. The molecule has 2 amide bonds. The van der Waals surface area contributed by atoms with Crippen molar-refractivity contribution in [2.45, 2.75) is 23.8 Å². The Morgan fingerprint density at radius 2 is 1.67 bits per heavy atom. The Kier molecular flexibility index (Phi) is 7.20. The molecule has 0 bridgehead atoms. The number of ether oxygens (including phenoxy) is 1. The molecular weight excluding hydrogens is 406 g/mol. The molecule has 0 saturated carbocycles. The van der Waals surface area contributed by atoms with Crippen molar-refractivity contribution in [1.82, 2.24) is 9.62 Å². The number of primary amides is 1. The predicted octanol–water partition coefficient (Wildman–Crippen LogP) is 0.983. The average Bonchev–Trinajstić information content (AvgIpc) is 2.77. The van der Waals surface area contributed by atoms with Crippen molar-refractivity contribution in [2.24, 2.45) is 5.73 Å². The largest absolute Gasteiger partial charge is 0.379 e. The number of nitrogens with one attached hydrogen (secondary N) is 1. The van der Waals surface area contributed by atoms with Crippen molar-refractivity contribution in [3.05, 3.63) is 65.7 Å². The number of aryl methyl sites for hydroxylation is 1. The zero-order valence-corrected chi connectivity index (χ0v) is 17.3. The molecule has 0 aliphatic carbocycles. The van der Waals surface area contributed by atoms with Crippen LogP contribution < -0.4 is 11.1 Å². The fourth-order valence-corrected chi connectivity index (χ4v) is 4.63. The van der Waals surface area contributed by atoms with E-state index in [-0.39, 0.29) is 17.2 Å². The standard InChI is InChI=1S/C21H25N3O5S/c22-21(26)20(17-4-2-1-3-5-17)23-19(25)11-8-16-6-9-18(10-7-16)30(27,28)24-12-14-29-15-13-24/h1-7,9-10,20H,8,11-15H2,(H2,22,26)(H,23,25)/t20-/m1/s1. The molecule has 0 spiro atoms. The number of carbonyl (C=O) groups excluding carboxylic acids is 2. The fourth-order valence-electron chi connectivity index (χ4n) is 3.22.